The standard InChI is InChI=1S/C19H21N3O2/c23-12-6-11-16(14-7-2-1-3-8-14)20-19(24)13-18-15-9-4-5-10-17(15)21-22-18/h1-5,7-10,16,23H,6,11-13H2,(H,20,24)(H,21,22). The minimum Gasteiger partial charge on any atom is -0.396 e. The number of hydrogen-bond acceptors (Lipinski definition) is 3. The molecule has 1 amide bonds. The molecule has 0 saturated carbocycles. The summed E-state index contributed by atoms with van der Waals surface area (Å²) in [6.07, 6.45) is 1.60. The molecule has 1 unspecified atom stereocenters. The number of H-pyrrole nitrogens is 1. The lowest BCUT2D eigenvalue weighted by Crippen LogP contribution is -2.30. The summed E-state index contributed by atoms with van der Waals surface area (Å²) in [7, 11) is 0. The van der Waals surface area contributed by atoms with Crippen LogP contribution in [-0.4, -0.2) is 27.8 Å². The minimum atomic E-state index is -0.0972. The van der Waals surface area contributed by atoms with Crippen LogP contribution in [0.15, 0.2) is 54.6 Å². The first-order chi connectivity index (χ1) is 11.8. The van der Waals surface area contributed by atoms with Crippen molar-refractivity contribution >= 4 is 16.8 Å². The second kappa shape index (κ2) is 7.75. The molecule has 3 rings (SSSR count). The topological polar surface area (TPSA) is 78.0 Å². The Bertz CT molecular complexity index is 798. The van der Waals surface area contributed by atoms with E-state index in [1.165, 1.54) is 0 Å². The predicted octanol–water partition coefficient (Wildman–Crippen LogP) is 2.74. The van der Waals surface area contributed by atoms with Crippen LogP contribution >= 0.6 is 0 Å². The highest BCUT2D eigenvalue weighted by molar-refractivity contribution is 5.87. The monoisotopic (exact) mass is 323 g/mol. The molecule has 0 aliphatic rings. The summed E-state index contributed by atoms with van der Waals surface area (Å²) in [5.41, 5.74) is 2.73. The fraction of sp³-hybridized carbons (Fsp3) is 0.263. The highest BCUT2D eigenvalue weighted by Crippen LogP contribution is 2.19. The van der Waals surface area contributed by atoms with Crippen molar-refractivity contribution in [1.82, 2.24) is 15.5 Å². The van der Waals surface area contributed by atoms with Crippen LogP contribution in [0.2, 0.25) is 0 Å². The second-order valence-electron chi connectivity index (χ2n) is 5.79. The molecule has 124 valence electrons. The summed E-state index contributed by atoms with van der Waals surface area (Å²) < 4.78 is 0. The molecule has 5 nitrogen and oxygen atoms in total. The van der Waals surface area contributed by atoms with Crippen molar-refractivity contribution in [3.63, 3.8) is 0 Å². The van der Waals surface area contributed by atoms with E-state index in [9.17, 15) is 4.79 Å². The molecule has 24 heavy (non-hydrogen) atoms. The molecule has 0 bridgehead atoms. The van der Waals surface area contributed by atoms with Crippen molar-refractivity contribution in [2.24, 2.45) is 0 Å². The van der Waals surface area contributed by atoms with Crippen LogP contribution < -0.4 is 5.32 Å². The number of fused-ring (bicyclic) bond motifs is 1. The van der Waals surface area contributed by atoms with Gasteiger partial charge < -0.3 is 10.4 Å². The smallest absolute Gasteiger partial charge is 0.226 e. The largest absolute Gasteiger partial charge is 0.396 e. The number of aromatic amines is 1. The van der Waals surface area contributed by atoms with Crippen LogP contribution in [0.25, 0.3) is 10.9 Å². The van der Waals surface area contributed by atoms with Crippen molar-refractivity contribution < 1.29 is 9.90 Å². The van der Waals surface area contributed by atoms with E-state index >= 15 is 0 Å². The third-order valence-electron chi connectivity index (χ3n) is 4.07. The fourth-order valence-electron chi connectivity index (χ4n) is 2.86. The van der Waals surface area contributed by atoms with Crippen molar-refractivity contribution in [1.29, 1.82) is 0 Å². The zero-order valence-corrected chi connectivity index (χ0v) is 13.4. The lowest BCUT2D eigenvalue weighted by Gasteiger charge is -2.19. The molecule has 0 spiro atoms. The normalized spacial score (nSPS) is 12.2. The van der Waals surface area contributed by atoms with E-state index in [0.29, 0.717) is 12.8 Å². The van der Waals surface area contributed by atoms with Gasteiger partial charge in [-0.05, 0) is 24.5 Å². The highest BCUT2D eigenvalue weighted by Gasteiger charge is 2.16. The van der Waals surface area contributed by atoms with Crippen LogP contribution in [0.4, 0.5) is 0 Å². The summed E-state index contributed by atoms with van der Waals surface area (Å²) in [5.74, 6) is -0.0591. The van der Waals surface area contributed by atoms with E-state index in [0.717, 1.165) is 22.2 Å². The average molecular weight is 323 g/mol. The molecular formula is C19H21N3O2. The van der Waals surface area contributed by atoms with E-state index in [-0.39, 0.29) is 25.0 Å². The third kappa shape index (κ3) is 3.81. The maximum Gasteiger partial charge on any atom is 0.226 e. The first kappa shape index (κ1) is 16.2. The Morgan fingerprint density at radius 2 is 1.88 bits per heavy atom. The summed E-state index contributed by atoms with van der Waals surface area (Å²) in [5, 5.41) is 20.3. The molecule has 0 aliphatic heterocycles. The molecule has 1 aromatic heterocycles. The number of aromatic nitrogens is 2. The second-order valence-corrected chi connectivity index (χ2v) is 5.79. The van der Waals surface area contributed by atoms with Gasteiger partial charge in [0.15, 0.2) is 0 Å². The molecule has 3 aromatic rings. The zero-order chi connectivity index (χ0) is 16.8. The summed E-state index contributed by atoms with van der Waals surface area (Å²) in [6.45, 7) is 0.115. The van der Waals surface area contributed by atoms with E-state index in [2.05, 4.69) is 15.5 Å². The van der Waals surface area contributed by atoms with E-state index in [4.69, 9.17) is 5.11 Å². The summed E-state index contributed by atoms with van der Waals surface area (Å²) >= 11 is 0. The number of nitrogens with zero attached hydrogens (tertiary/aromatic N) is 1. The number of aliphatic hydroxyl groups excluding tert-OH is 1. The van der Waals surface area contributed by atoms with Crippen LogP contribution in [0.3, 0.4) is 0 Å². The number of rotatable bonds is 7. The molecule has 2 aromatic carbocycles. The van der Waals surface area contributed by atoms with Crippen molar-refractivity contribution in [3.8, 4) is 0 Å². The van der Waals surface area contributed by atoms with Gasteiger partial charge in [-0.3, -0.25) is 9.89 Å². The number of hydrogen-bond donors (Lipinski definition) is 3. The fourth-order valence-corrected chi connectivity index (χ4v) is 2.86. The Morgan fingerprint density at radius 3 is 2.67 bits per heavy atom. The number of carbonyl (C=O) groups excluding carboxylic acids is 1. The van der Waals surface area contributed by atoms with Gasteiger partial charge in [-0.25, -0.2) is 0 Å². The highest BCUT2D eigenvalue weighted by atomic mass is 16.3. The van der Waals surface area contributed by atoms with Gasteiger partial charge in [0.05, 0.1) is 23.7 Å². The summed E-state index contributed by atoms with van der Waals surface area (Å²) in [6, 6.07) is 17.5. The first-order valence-corrected chi connectivity index (χ1v) is 8.15. The quantitative estimate of drug-likeness (QED) is 0.625. The average Bonchev–Trinajstić information content (AvgIpc) is 3.02. The van der Waals surface area contributed by atoms with Gasteiger partial charge in [-0.15, -0.1) is 0 Å². The molecule has 1 atom stereocenters. The number of para-hydroxylation sites is 1. The van der Waals surface area contributed by atoms with Crippen molar-refractivity contribution in [3.05, 3.63) is 65.9 Å². The Hall–Kier alpha value is -2.66. The van der Waals surface area contributed by atoms with Gasteiger partial charge in [-0.1, -0.05) is 48.5 Å². The lowest BCUT2D eigenvalue weighted by molar-refractivity contribution is -0.121. The number of benzene rings is 2. The van der Waals surface area contributed by atoms with Crippen LogP contribution in [-0.2, 0) is 11.2 Å². The Kier molecular flexibility index (Phi) is 5.23. The maximum atomic E-state index is 12.5. The molecule has 3 N–H and O–H groups in total. The van der Waals surface area contributed by atoms with Crippen LogP contribution in [0, 0.1) is 0 Å². The SMILES string of the molecule is O=C(Cc1[nH]nc2ccccc12)NC(CCCO)c1ccccc1. The predicted molar refractivity (Wildman–Crippen MR) is 93.4 cm³/mol. The lowest BCUT2D eigenvalue weighted by atomic mass is 10.0. The van der Waals surface area contributed by atoms with E-state index < -0.39 is 0 Å². The van der Waals surface area contributed by atoms with Gasteiger partial charge >= 0.3 is 0 Å². The summed E-state index contributed by atoms with van der Waals surface area (Å²) in [4.78, 5) is 12.5. The van der Waals surface area contributed by atoms with Crippen LogP contribution in [0.5, 0.6) is 0 Å². The Morgan fingerprint density at radius 1 is 1.12 bits per heavy atom. The molecule has 0 radical (unpaired) electrons. The van der Waals surface area contributed by atoms with Gasteiger partial charge in [0.25, 0.3) is 0 Å². The molecule has 1 heterocycles. The van der Waals surface area contributed by atoms with Gasteiger partial charge in [0, 0.05) is 12.0 Å². The van der Waals surface area contributed by atoms with Crippen LogP contribution in [0.1, 0.15) is 30.1 Å². The Labute approximate surface area is 140 Å². The molecule has 0 aliphatic carbocycles. The van der Waals surface area contributed by atoms with Gasteiger partial charge in [0.2, 0.25) is 5.91 Å². The molecular weight excluding hydrogens is 302 g/mol. The molecule has 0 saturated heterocycles. The first-order valence-electron chi connectivity index (χ1n) is 8.15. The minimum absolute atomic E-state index is 0.0591. The Balaban J connectivity index is 1.71. The van der Waals surface area contributed by atoms with E-state index in [1.54, 1.807) is 0 Å². The molecule has 5 heteroatoms. The van der Waals surface area contributed by atoms with Gasteiger partial charge in [0.1, 0.15) is 0 Å². The zero-order valence-electron chi connectivity index (χ0n) is 13.4. The number of aliphatic hydroxyl groups is 1. The number of amides is 1. The third-order valence-corrected chi connectivity index (χ3v) is 4.07. The van der Waals surface area contributed by atoms with Crippen molar-refractivity contribution in [2.75, 3.05) is 6.61 Å². The number of carbonyl (C=O) groups is 1. The molecule has 0 fully saturated rings. The van der Waals surface area contributed by atoms with Crippen molar-refractivity contribution in [2.45, 2.75) is 25.3 Å². The van der Waals surface area contributed by atoms with Gasteiger partial charge in [-0.2, -0.15) is 5.10 Å². The maximum absolute atomic E-state index is 12.5. The number of nitrogens with one attached hydrogen (secondary N) is 2. The van der Waals surface area contributed by atoms with E-state index in [1.807, 2.05) is 54.6 Å².